The molecular weight excluding hydrogens is 242 g/mol. The van der Waals surface area contributed by atoms with Crippen molar-refractivity contribution < 1.29 is 18.3 Å². The molecule has 1 unspecified atom stereocenters. The summed E-state index contributed by atoms with van der Waals surface area (Å²) in [5.74, 6) is -2.51. The molecule has 1 rings (SSSR count). The van der Waals surface area contributed by atoms with Crippen molar-refractivity contribution in [3.63, 3.8) is 0 Å². The summed E-state index contributed by atoms with van der Waals surface area (Å²) >= 11 is 0. The predicted molar refractivity (Wildman–Crippen MR) is 64.4 cm³/mol. The molecule has 1 amide bonds. The molecule has 0 radical (unpaired) electrons. The van der Waals surface area contributed by atoms with Gasteiger partial charge in [-0.25, -0.2) is 8.78 Å². The van der Waals surface area contributed by atoms with Gasteiger partial charge >= 0.3 is 0 Å². The van der Waals surface area contributed by atoms with Gasteiger partial charge in [0.15, 0.2) is 0 Å². The molecule has 1 atom stereocenters. The number of nitrogens with two attached hydrogens (primary N) is 1. The number of benzene rings is 1. The molecule has 1 aromatic carbocycles. The lowest BCUT2D eigenvalue weighted by Crippen LogP contribution is -2.18. The Balaban J connectivity index is 2.82. The first kappa shape index (κ1) is 14.4. The van der Waals surface area contributed by atoms with Crippen LogP contribution in [-0.4, -0.2) is 26.2 Å². The van der Waals surface area contributed by atoms with E-state index in [1.807, 2.05) is 6.92 Å². The third-order valence-electron chi connectivity index (χ3n) is 2.41. The van der Waals surface area contributed by atoms with Crippen LogP contribution in [0.1, 0.15) is 17.3 Å². The van der Waals surface area contributed by atoms with Gasteiger partial charge in [-0.15, -0.1) is 0 Å². The fourth-order valence-electron chi connectivity index (χ4n) is 1.50. The highest BCUT2D eigenvalue weighted by atomic mass is 19.1. The zero-order valence-corrected chi connectivity index (χ0v) is 10.3. The van der Waals surface area contributed by atoms with Crippen LogP contribution in [0.5, 0.6) is 0 Å². The monoisotopic (exact) mass is 258 g/mol. The topological polar surface area (TPSA) is 64.3 Å². The molecular formula is C12H16F2N2O2. The van der Waals surface area contributed by atoms with Gasteiger partial charge in [0.2, 0.25) is 0 Å². The van der Waals surface area contributed by atoms with Crippen LogP contribution in [0.25, 0.3) is 0 Å². The van der Waals surface area contributed by atoms with Gasteiger partial charge in [0.25, 0.3) is 5.91 Å². The summed E-state index contributed by atoms with van der Waals surface area (Å²) in [5.41, 5.74) is 4.70. The molecule has 0 aliphatic carbocycles. The Hall–Kier alpha value is -1.69. The molecule has 0 spiro atoms. The summed E-state index contributed by atoms with van der Waals surface area (Å²) in [7, 11) is 1.57. The van der Waals surface area contributed by atoms with Crippen LogP contribution in [0.2, 0.25) is 0 Å². The summed E-state index contributed by atoms with van der Waals surface area (Å²) in [5, 5.41) is 2.79. The number of carbonyl (C=O) groups excluding carboxylic acids is 1. The first-order chi connectivity index (χ1) is 8.45. The quantitative estimate of drug-likeness (QED) is 0.817. The third-order valence-corrected chi connectivity index (χ3v) is 2.41. The number of ether oxygens (including phenoxy) is 1. The Kier molecular flexibility index (Phi) is 5.03. The molecule has 0 fully saturated rings. The predicted octanol–water partition coefficient (Wildman–Crippen LogP) is 1.76. The first-order valence-corrected chi connectivity index (χ1v) is 5.47. The number of primary amides is 1. The van der Waals surface area contributed by atoms with Gasteiger partial charge in [-0.1, -0.05) is 6.92 Å². The zero-order chi connectivity index (χ0) is 13.7. The Morgan fingerprint density at radius 3 is 2.67 bits per heavy atom. The van der Waals surface area contributed by atoms with E-state index in [9.17, 15) is 13.6 Å². The summed E-state index contributed by atoms with van der Waals surface area (Å²) in [6, 6.07) is 1.72. The van der Waals surface area contributed by atoms with Crippen LogP contribution >= 0.6 is 0 Å². The van der Waals surface area contributed by atoms with Crippen molar-refractivity contribution in [3.05, 3.63) is 29.3 Å². The maximum Gasteiger partial charge on any atom is 0.251 e. The fourth-order valence-corrected chi connectivity index (χ4v) is 1.50. The molecule has 3 N–H and O–H groups in total. The number of amides is 1. The van der Waals surface area contributed by atoms with Crippen molar-refractivity contribution in [1.82, 2.24) is 0 Å². The number of carbonyl (C=O) groups is 1. The number of anilines is 1. The zero-order valence-electron chi connectivity index (χ0n) is 10.3. The van der Waals surface area contributed by atoms with E-state index >= 15 is 0 Å². The van der Waals surface area contributed by atoms with Crippen molar-refractivity contribution >= 4 is 11.6 Å². The van der Waals surface area contributed by atoms with Crippen molar-refractivity contribution in [3.8, 4) is 0 Å². The normalized spacial score (nSPS) is 12.2. The highest BCUT2D eigenvalue weighted by Gasteiger charge is 2.14. The summed E-state index contributed by atoms with van der Waals surface area (Å²) < 4.78 is 31.6. The lowest BCUT2D eigenvalue weighted by atomic mass is 10.1. The van der Waals surface area contributed by atoms with Crippen LogP contribution in [0.4, 0.5) is 14.5 Å². The summed E-state index contributed by atoms with van der Waals surface area (Å²) in [4.78, 5) is 10.9. The minimum Gasteiger partial charge on any atom is -0.384 e. The first-order valence-electron chi connectivity index (χ1n) is 5.47. The Bertz CT molecular complexity index is 438. The lowest BCUT2D eigenvalue weighted by molar-refractivity contribution is 0.0996. The van der Waals surface area contributed by atoms with E-state index in [0.717, 1.165) is 6.07 Å². The molecule has 0 bridgehead atoms. The maximum absolute atomic E-state index is 13.4. The second-order valence-electron chi connectivity index (χ2n) is 4.12. The molecule has 0 aromatic heterocycles. The van der Waals surface area contributed by atoms with E-state index in [0.29, 0.717) is 19.2 Å². The van der Waals surface area contributed by atoms with E-state index < -0.39 is 17.5 Å². The standard InChI is InChI=1S/C12H16F2N2O2/c1-7(6-18-2)5-16-11-3-8(12(15)17)9(13)4-10(11)14/h3-4,7,16H,5-6H2,1-2H3,(H2,15,17). The van der Waals surface area contributed by atoms with Gasteiger partial charge in [-0.2, -0.15) is 0 Å². The van der Waals surface area contributed by atoms with Crippen molar-refractivity contribution in [2.75, 3.05) is 25.6 Å². The Morgan fingerprint density at radius 1 is 1.44 bits per heavy atom. The van der Waals surface area contributed by atoms with E-state index in [2.05, 4.69) is 5.32 Å². The maximum atomic E-state index is 13.4. The van der Waals surface area contributed by atoms with Crippen LogP contribution < -0.4 is 11.1 Å². The number of hydrogen-bond donors (Lipinski definition) is 2. The van der Waals surface area contributed by atoms with Crippen molar-refractivity contribution in [2.24, 2.45) is 11.7 Å². The summed E-state index contributed by atoms with van der Waals surface area (Å²) in [6.45, 7) is 2.86. The number of nitrogens with one attached hydrogen (secondary N) is 1. The number of rotatable bonds is 6. The molecule has 100 valence electrons. The van der Waals surface area contributed by atoms with Crippen LogP contribution in [0.15, 0.2) is 12.1 Å². The minimum absolute atomic E-state index is 0.0492. The highest BCUT2D eigenvalue weighted by molar-refractivity contribution is 5.94. The van der Waals surface area contributed by atoms with Crippen LogP contribution in [0, 0.1) is 17.6 Å². The molecule has 6 heteroatoms. The van der Waals surface area contributed by atoms with Crippen LogP contribution in [0.3, 0.4) is 0 Å². The van der Waals surface area contributed by atoms with Gasteiger partial charge < -0.3 is 15.8 Å². The van der Waals surface area contributed by atoms with Gasteiger partial charge in [-0.3, -0.25) is 4.79 Å². The molecule has 0 saturated carbocycles. The second kappa shape index (κ2) is 6.30. The Labute approximate surface area is 104 Å². The van der Waals surface area contributed by atoms with Gasteiger partial charge in [0.1, 0.15) is 11.6 Å². The lowest BCUT2D eigenvalue weighted by Gasteiger charge is -2.14. The van der Waals surface area contributed by atoms with E-state index in [1.54, 1.807) is 7.11 Å². The summed E-state index contributed by atoms with van der Waals surface area (Å²) in [6.07, 6.45) is 0. The fraction of sp³-hybridized carbons (Fsp3) is 0.417. The molecule has 0 aliphatic rings. The second-order valence-corrected chi connectivity index (χ2v) is 4.12. The SMILES string of the molecule is COCC(C)CNc1cc(C(N)=O)c(F)cc1F. The van der Waals surface area contributed by atoms with Crippen molar-refractivity contribution in [2.45, 2.75) is 6.92 Å². The molecule has 0 saturated heterocycles. The number of methoxy groups -OCH3 is 1. The largest absolute Gasteiger partial charge is 0.384 e. The van der Waals surface area contributed by atoms with Crippen LogP contribution in [-0.2, 0) is 4.74 Å². The molecule has 0 heterocycles. The van der Waals surface area contributed by atoms with E-state index in [1.165, 1.54) is 0 Å². The average molecular weight is 258 g/mol. The highest BCUT2D eigenvalue weighted by Crippen LogP contribution is 2.19. The van der Waals surface area contributed by atoms with Gasteiger partial charge in [0, 0.05) is 19.7 Å². The smallest absolute Gasteiger partial charge is 0.251 e. The number of hydrogen-bond acceptors (Lipinski definition) is 3. The van der Waals surface area contributed by atoms with Crippen molar-refractivity contribution in [1.29, 1.82) is 0 Å². The van der Waals surface area contributed by atoms with Gasteiger partial charge in [0.05, 0.1) is 17.9 Å². The molecule has 1 aromatic rings. The number of halogens is 2. The van der Waals surface area contributed by atoms with E-state index in [-0.39, 0.29) is 17.2 Å². The van der Waals surface area contributed by atoms with E-state index in [4.69, 9.17) is 10.5 Å². The van der Waals surface area contributed by atoms with Gasteiger partial charge in [-0.05, 0) is 12.0 Å². The molecule has 18 heavy (non-hydrogen) atoms. The molecule has 0 aliphatic heterocycles. The average Bonchev–Trinajstić information content (AvgIpc) is 2.27. The molecule has 4 nitrogen and oxygen atoms in total. The third kappa shape index (κ3) is 3.66. The Morgan fingerprint density at radius 2 is 2.11 bits per heavy atom. The minimum atomic E-state index is -0.963.